The standard InChI is InChI=1S/C15H32N2O/c1-4-16-9-7-5-6-8-15-13-17(10-11-18-15)12-14(2)3/h14-16H,4-13H2,1-3H3/t15-/m1/s1. The van der Waals surface area contributed by atoms with Crippen molar-refractivity contribution in [3.8, 4) is 0 Å². The van der Waals surface area contributed by atoms with Gasteiger partial charge in [-0.05, 0) is 31.8 Å². The Kier molecular flexibility index (Phi) is 8.64. The number of nitrogens with one attached hydrogen (secondary N) is 1. The van der Waals surface area contributed by atoms with Crippen LogP contribution in [0.5, 0.6) is 0 Å². The van der Waals surface area contributed by atoms with Crippen LogP contribution in [-0.4, -0.2) is 50.3 Å². The SMILES string of the molecule is CCNCCCCC[C@@H]1CN(CC(C)C)CCO1. The zero-order valence-electron chi connectivity index (χ0n) is 12.6. The van der Waals surface area contributed by atoms with E-state index in [9.17, 15) is 0 Å². The lowest BCUT2D eigenvalue weighted by Gasteiger charge is -2.34. The Bertz CT molecular complexity index is 197. The molecular formula is C15H32N2O. The highest BCUT2D eigenvalue weighted by Gasteiger charge is 2.20. The highest BCUT2D eigenvalue weighted by atomic mass is 16.5. The van der Waals surface area contributed by atoms with Gasteiger partial charge in [0.1, 0.15) is 0 Å². The Balaban J connectivity index is 2.03. The van der Waals surface area contributed by atoms with Gasteiger partial charge in [0.05, 0.1) is 12.7 Å². The van der Waals surface area contributed by atoms with Crippen LogP contribution in [-0.2, 0) is 4.74 Å². The van der Waals surface area contributed by atoms with E-state index in [1.54, 1.807) is 0 Å². The predicted octanol–water partition coefficient (Wildman–Crippen LogP) is 2.51. The second-order valence-electron chi connectivity index (χ2n) is 5.85. The van der Waals surface area contributed by atoms with Gasteiger partial charge in [-0.1, -0.05) is 33.6 Å². The molecule has 0 aromatic carbocycles. The summed E-state index contributed by atoms with van der Waals surface area (Å²) in [4.78, 5) is 2.57. The fourth-order valence-corrected chi connectivity index (χ4v) is 2.61. The van der Waals surface area contributed by atoms with Crippen molar-refractivity contribution in [1.82, 2.24) is 10.2 Å². The Morgan fingerprint density at radius 2 is 2.11 bits per heavy atom. The highest BCUT2D eigenvalue weighted by Crippen LogP contribution is 2.13. The normalized spacial score (nSPS) is 21.7. The number of ether oxygens (including phenoxy) is 1. The highest BCUT2D eigenvalue weighted by molar-refractivity contribution is 4.72. The predicted molar refractivity (Wildman–Crippen MR) is 78.0 cm³/mol. The van der Waals surface area contributed by atoms with Gasteiger partial charge in [0.25, 0.3) is 0 Å². The Labute approximate surface area is 113 Å². The molecule has 0 spiro atoms. The van der Waals surface area contributed by atoms with E-state index >= 15 is 0 Å². The molecule has 3 nitrogen and oxygen atoms in total. The molecule has 0 bridgehead atoms. The number of morpholine rings is 1. The summed E-state index contributed by atoms with van der Waals surface area (Å²) in [5, 5.41) is 3.38. The molecule has 3 heteroatoms. The molecule has 1 aliphatic rings. The van der Waals surface area contributed by atoms with Crippen molar-refractivity contribution < 1.29 is 4.74 Å². The molecule has 0 radical (unpaired) electrons. The van der Waals surface area contributed by atoms with Crippen molar-refractivity contribution in [2.75, 3.05) is 39.3 Å². The number of nitrogens with zero attached hydrogens (tertiary/aromatic N) is 1. The minimum absolute atomic E-state index is 0.483. The van der Waals surface area contributed by atoms with Crippen LogP contribution in [0.15, 0.2) is 0 Å². The van der Waals surface area contributed by atoms with Crippen LogP contribution in [0.3, 0.4) is 0 Å². The van der Waals surface area contributed by atoms with Crippen molar-refractivity contribution in [3.05, 3.63) is 0 Å². The van der Waals surface area contributed by atoms with E-state index in [0.29, 0.717) is 6.10 Å². The summed E-state index contributed by atoms with van der Waals surface area (Å²) < 4.78 is 5.86. The largest absolute Gasteiger partial charge is 0.376 e. The summed E-state index contributed by atoms with van der Waals surface area (Å²) in [6.45, 7) is 13.4. The Hall–Kier alpha value is -0.120. The van der Waals surface area contributed by atoms with Gasteiger partial charge in [-0.15, -0.1) is 0 Å². The fraction of sp³-hybridized carbons (Fsp3) is 1.00. The van der Waals surface area contributed by atoms with Gasteiger partial charge in [-0.3, -0.25) is 4.90 Å². The van der Waals surface area contributed by atoms with Gasteiger partial charge in [0.15, 0.2) is 0 Å². The smallest absolute Gasteiger partial charge is 0.0702 e. The summed E-state index contributed by atoms with van der Waals surface area (Å²) >= 11 is 0. The maximum atomic E-state index is 5.86. The molecule has 1 aliphatic heterocycles. The third-order valence-corrected chi connectivity index (χ3v) is 3.48. The Morgan fingerprint density at radius 1 is 1.28 bits per heavy atom. The van der Waals surface area contributed by atoms with Crippen molar-refractivity contribution in [2.24, 2.45) is 5.92 Å². The first kappa shape index (κ1) is 15.9. The summed E-state index contributed by atoms with van der Waals surface area (Å²) in [7, 11) is 0. The molecule has 0 unspecified atom stereocenters. The van der Waals surface area contributed by atoms with Gasteiger partial charge in [-0.25, -0.2) is 0 Å². The lowest BCUT2D eigenvalue weighted by molar-refractivity contribution is -0.0360. The number of rotatable bonds is 9. The van der Waals surface area contributed by atoms with E-state index in [1.165, 1.54) is 38.8 Å². The van der Waals surface area contributed by atoms with Crippen LogP contribution in [0.25, 0.3) is 0 Å². The first-order valence-electron chi connectivity index (χ1n) is 7.77. The molecule has 0 aromatic rings. The first-order chi connectivity index (χ1) is 8.72. The third-order valence-electron chi connectivity index (χ3n) is 3.48. The van der Waals surface area contributed by atoms with Crippen LogP contribution < -0.4 is 5.32 Å². The second-order valence-corrected chi connectivity index (χ2v) is 5.85. The maximum absolute atomic E-state index is 5.86. The monoisotopic (exact) mass is 256 g/mol. The van der Waals surface area contributed by atoms with Gasteiger partial charge in [-0.2, -0.15) is 0 Å². The van der Waals surface area contributed by atoms with E-state index < -0.39 is 0 Å². The molecule has 1 atom stereocenters. The molecule has 1 heterocycles. The molecular weight excluding hydrogens is 224 g/mol. The van der Waals surface area contributed by atoms with Crippen LogP contribution >= 0.6 is 0 Å². The van der Waals surface area contributed by atoms with E-state index in [2.05, 4.69) is 31.0 Å². The van der Waals surface area contributed by atoms with Crippen LogP contribution in [0, 0.1) is 5.92 Å². The second kappa shape index (κ2) is 9.76. The van der Waals surface area contributed by atoms with Crippen molar-refractivity contribution in [3.63, 3.8) is 0 Å². The minimum atomic E-state index is 0.483. The molecule has 1 fully saturated rings. The topological polar surface area (TPSA) is 24.5 Å². The molecule has 1 rings (SSSR count). The third kappa shape index (κ3) is 7.34. The molecule has 108 valence electrons. The van der Waals surface area contributed by atoms with Crippen molar-refractivity contribution in [1.29, 1.82) is 0 Å². The van der Waals surface area contributed by atoms with Gasteiger partial charge < -0.3 is 10.1 Å². The first-order valence-corrected chi connectivity index (χ1v) is 7.77. The molecule has 0 aromatic heterocycles. The molecule has 18 heavy (non-hydrogen) atoms. The molecule has 0 saturated carbocycles. The molecule has 1 N–H and O–H groups in total. The van der Waals surface area contributed by atoms with E-state index in [4.69, 9.17) is 4.74 Å². The Morgan fingerprint density at radius 3 is 2.83 bits per heavy atom. The van der Waals surface area contributed by atoms with Gasteiger partial charge in [0, 0.05) is 19.6 Å². The average molecular weight is 256 g/mol. The van der Waals surface area contributed by atoms with Crippen LogP contribution in [0.4, 0.5) is 0 Å². The number of hydrogen-bond donors (Lipinski definition) is 1. The van der Waals surface area contributed by atoms with Crippen LogP contribution in [0.1, 0.15) is 46.5 Å². The summed E-state index contributed by atoms with van der Waals surface area (Å²) in [6, 6.07) is 0. The quantitative estimate of drug-likeness (QED) is 0.642. The van der Waals surface area contributed by atoms with Crippen molar-refractivity contribution >= 4 is 0 Å². The summed E-state index contributed by atoms with van der Waals surface area (Å²) in [5.74, 6) is 0.767. The zero-order chi connectivity index (χ0) is 13.2. The zero-order valence-corrected chi connectivity index (χ0v) is 12.6. The lowest BCUT2D eigenvalue weighted by Crippen LogP contribution is -2.43. The summed E-state index contributed by atoms with van der Waals surface area (Å²) in [5.41, 5.74) is 0. The summed E-state index contributed by atoms with van der Waals surface area (Å²) in [6.07, 6.45) is 5.66. The average Bonchev–Trinajstić information content (AvgIpc) is 2.33. The molecule has 0 aliphatic carbocycles. The van der Waals surface area contributed by atoms with E-state index in [1.807, 2.05) is 0 Å². The lowest BCUT2D eigenvalue weighted by atomic mass is 10.1. The van der Waals surface area contributed by atoms with Gasteiger partial charge in [0.2, 0.25) is 0 Å². The maximum Gasteiger partial charge on any atom is 0.0702 e. The number of unbranched alkanes of at least 4 members (excludes halogenated alkanes) is 2. The van der Waals surface area contributed by atoms with E-state index in [-0.39, 0.29) is 0 Å². The van der Waals surface area contributed by atoms with E-state index in [0.717, 1.165) is 32.2 Å². The number of hydrogen-bond acceptors (Lipinski definition) is 3. The van der Waals surface area contributed by atoms with Crippen molar-refractivity contribution in [2.45, 2.75) is 52.6 Å². The van der Waals surface area contributed by atoms with Crippen LogP contribution in [0.2, 0.25) is 0 Å². The van der Waals surface area contributed by atoms with Gasteiger partial charge >= 0.3 is 0 Å². The fourth-order valence-electron chi connectivity index (χ4n) is 2.61. The minimum Gasteiger partial charge on any atom is -0.376 e. The molecule has 0 amide bonds. The molecule has 1 saturated heterocycles.